The van der Waals surface area contributed by atoms with Crippen molar-refractivity contribution in [1.29, 1.82) is 0 Å². The fourth-order valence-electron chi connectivity index (χ4n) is 2.97. The first-order chi connectivity index (χ1) is 10.1. The number of aryl methyl sites for hydroxylation is 2. The highest BCUT2D eigenvalue weighted by Gasteiger charge is 2.25. The summed E-state index contributed by atoms with van der Waals surface area (Å²) in [5.74, 6) is 1.15. The number of aromatic nitrogens is 4. The highest BCUT2D eigenvalue weighted by Crippen LogP contribution is 2.22. The molecule has 0 bridgehead atoms. The highest BCUT2D eigenvalue weighted by molar-refractivity contribution is 5.76. The maximum atomic E-state index is 12.4. The van der Waals surface area contributed by atoms with Gasteiger partial charge in [-0.3, -0.25) is 9.48 Å². The molecule has 21 heavy (non-hydrogen) atoms. The molecular formula is C15H21N5O. The minimum Gasteiger partial charge on any atom is -0.339 e. The van der Waals surface area contributed by atoms with Crippen molar-refractivity contribution in [2.24, 2.45) is 0 Å². The van der Waals surface area contributed by atoms with Crippen molar-refractivity contribution in [3.63, 3.8) is 0 Å². The van der Waals surface area contributed by atoms with Gasteiger partial charge in [0.05, 0.1) is 12.2 Å². The predicted molar refractivity (Wildman–Crippen MR) is 78.8 cm³/mol. The van der Waals surface area contributed by atoms with Crippen LogP contribution in [0.2, 0.25) is 0 Å². The molecular weight excluding hydrogens is 266 g/mol. The normalized spacial score (nSPS) is 19.0. The maximum Gasteiger partial charge on any atom is 0.244 e. The van der Waals surface area contributed by atoms with Crippen LogP contribution < -0.4 is 0 Å². The topological polar surface area (TPSA) is 56.0 Å². The summed E-state index contributed by atoms with van der Waals surface area (Å²) in [7, 11) is 0. The molecule has 1 aliphatic heterocycles. The third-order valence-corrected chi connectivity index (χ3v) is 4.06. The molecule has 1 fully saturated rings. The van der Waals surface area contributed by atoms with Crippen LogP contribution >= 0.6 is 0 Å². The van der Waals surface area contributed by atoms with Gasteiger partial charge in [-0.05, 0) is 32.3 Å². The number of nitrogens with zero attached hydrogens (tertiary/aromatic N) is 5. The first-order valence-corrected chi connectivity index (χ1v) is 7.40. The van der Waals surface area contributed by atoms with Gasteiger partial charge in [0, 0.05) is 31.7 Å². The number of hydrogen-bond acceptors (Lipinski definition) is 3. The predicted octanol–water partition coefficient (Wildman–Crippen LogP) is 1.56. The number of hydrogen-bond donors (Lipinski definition) is 0. The Balaban J connectivity index is 1.65. The van der Waals surface area contributed by atoms with Gasteiger partial charge in [0.1, 0.15) is 12.4 Å². The zero-order valence-electron chi connectivity index (χ0n) is 12.6. The van der Waals surface area contributed by atoms with Gasteiger partial charge in [-0.25, -0.2) is 4.98 Å². The zero-order chi connectivity index (χ0) is 14.8. The summed E-state index contributed by atoms with van der Waals surface area (Å²) in [6.45, 7) is 5.91. The van der Waals surface area contributed by atoms with Crippen molar-refractivity contribution in [2.45, 2.75) is 39.3 Å². The molecule has 1 amide bonds. The maximum absolute atomic E-state index is 12.4. The molecule has 1 atom stereocenters. The molecule has 1 unspecified atom stereocenters. The molecule has 2 aromatic heterocycles. The molecule has 0 aliphatic carbocycles. The van der Waals surface area contributed by atoms with Crippen LogP contribution in [0.5, 0.6) is 0 Å². The standard InChI is InChI=1S/C15H21N5O/c1-12-8-17-19(9-12)11-15(21)18-6-3-4-14(10-18)20-7-5-16-13(20)2/h5,7-9,14H,3-4,6,10-11H2,1-2H3. The Kier molecular flexibility index (Phi) is 3.77. The van der Waals surface area contributed by atoms with Crippen molar-refractivity contribution in [3.05, 3.63) is 36.2 Å². The average Bonchev–Trinajstić information content (AvgIpc) is 3.07. The van der Waals surface area contributed by atoms with Crippen molar-refractivity contribution >= 4 is 5.91 Å². The summed E-state index contributed by atoms with van der Waals surface area (Å²) >= 11 is 0. The van der Waals surface area contributed by atoms with Crippen molar-refractivity contribution in [2.75, 3.05) is 13.1 Å². The Bertz CT molecular complexity index is 630. The molecule has 1 saturated heterocycles. The van der Waals surface area contributed by atoms with Gasteiger partial charge in [-0.15, -0.1) is 0 Å². The smallest absolute Gasteiger partial charge is 0.244 e. The lowest BCUT2D eigenvalue weighted by atomic mass is 10.1. The first kappa shape index (κ1) is 13.9. The van der Waals surface area contributed by atoms with Crippen LogP contribution in [-0.4, -0.2) is 43.2 Å². The van der Waals surface area contributed by atoms with Gasteiger partial charge < -0.3 is 9.47 Å². The SMILES string of the molecule is Cc1cnn(CC(=O)N2CCCC(n3ccnc3C)C2)c1. The molecule has 0 N–H and O–H groups in total. The van der Waals surface area contributed by atoms with E-state index in [-0.39, 0.29) is 5.91 Å². The Morgan fingerprint density at radius 2 is 2.29 bits per heavy atom. The largest absolute Gasteiger partial charge is 0.339 e. The van der Waals surface area contributed by atoms with E-state index in [1.807, 2.05) is 37.3 Å². The lowest BCUT2D eigenvalue weighted by Crippen LogP contribution is -2.42. The van der Waals surface area contributed by atoms with E-state index in [1.54, 1.807) is 10.9 Å². The molecule has 1 aliphatic rings. The van der Waals surface area contributed by atoms with E-state index in [4.69, 9.17) is 0 Å². The Morgan fingerprint density at radius 1 is 1.43 bits per heavy atom. The van der Waals surface area contributed by atoms with Crippen LogP contribution in [0, 0.1) is 13.8 Å². The summed E-state index contributed by atoms with van der Waals surface area (Å²) in [4.78, 5) is 18.6. The number of amides is 1. The van der Waals surface area contributed by atoms with Gasteiger partial charge >= 0.3 is 0 Å². The second kappa shape index (κ2) is 5.71. The lowest BCUT2D eigenvalue weighted by molar-refractivity contribution is -0.133. The lowest BCUT2D eigenvalue weighted by Gasteiger charge is -2.34. The number of rotatable bonds is 3. The fraction of sp³-hybridized carbons (Fsp3) is 0.533. The van der Waals surface area contributed by atoms with Gasteiger partial charge in [-0.2, -0.15) is 5.10 Å². The second-order valence-electron chi connectivity index (χ2n) is 5.73. The summed E-state index contributed by atoms with van der Waals surface area (Å²) < 4.78 is 3.89. The van der Waals surface area contributed by atoms with Crippen LogP contribution in [0.4, 0.5) is 0 Å². The number of carbonyl (C=O) groups is 1. The minimum atomic E-state index is 0.139. The Hall–Kier alpha value is -2.11. The molecule has 0 radical (unpaired) electrons. The summed E-state index contributed by atoms with van der Waals surface area (Å²) in [5, 5.41) is 4.19. The van der Waals surface area contributed by atoms with Gasteiger partial charge in [0.15, 0.2) is 0 Å². The van der Waals surface area contributed by atoms with E-state index in [0.717, 1.165) is 37.3 Å². The van der Waals surface area contributed by atoms with Gasteiger partial charge in [0.2, 0.25) is 5.91 Å². The van der Waals surface area contributed by atoms with Gasteiger partial charge in [-0.1, -0.05) is 0 Å². The van der Waals surface area contributed by atoms with E-state index < -0.39 is 0 Å². The molecule has 0 aromatic carbocycles. The van der Waals surface area contributed by atoms with E-state index in [1.165, 1.54) is 0 Å². The van der Waals surface area contributed by atoms with Crippen LogP contribution in [-0.2, 0) is 11.3 Å². The van der Waals surface area contributed by atoms with E-state index in [9.17, 15) is 4.79 Å². The molecule has 6 heteroatoms. The summed E-state index contributed by atoms with van der Waals surface area (Å²) in [5.41, 5.74) is 1.08. The third-order valence-electron chi connectivity index (χ3n) is 4.06. The summed E-state index contributed by atoms with van der Waals surface area (Å²) in [6, 6.07) is 0.338. The van der Waals surface area contributed by atoms with E-state index in [0.29, 0.717) is 12.6 Å². The third kappa shape index (κ3) is 2.99. The first-order valence-electron chi connectivity index (χ1n) is 7.40. The van der Waals surface area contributed by atoms with Crippen LogP contribution in [0.1, 0.15) is 30.3 Å². The number of likely N-dealkylation sites (tertiary alicyclic amines) is 1. The van der Waals surface area contributed by atoms with Crippen molar-refractivity contribution in [1.82, 2.24) is 24.2 Å². The minimum absolute atomic E-state index is 0.139. The quantitative estimate of drug-likeness (QED) is 0.861. The number of piperidine rings is 1. The van der Waals surface area contributed by atoms with E-state index in [2.05, 4.69) is 14.6 Å². The Morgan fingerprint density at radius 3 is 2.95 bits per heavy atom. The number of carbonyl (C=O) groups excluding carboxylic acids is 1. The Labute approximate surface area is 124 Å². The second-order valence-corrected chi connectivity index (χ2v) is 5.73. The summed E-state index contributed by atoms with van der Waals surface area (Å²) in [6.07, 6.45) is 9.64. The molecule has 6 nitrogen and oxygen atoms in total. The molecule has 0 spiro atoms. The highest BCUT2D eigenvalue weighted by atomic mass is 16.2. The van der Waals surface area contributed by atoms with Crippen molar-refractivity contribution in [3.8, 4) is 0 Å². The van der Waals surface area contributed by atoms with Crippen LogP contribution in [0.3, 0.4) is 0 Å². The molecule has 112 valence electrons. The zero-order valence-corrected chi connectivity index (χ0v) is 12.6. The fourth-order valence-corrected chi connectivity index (χ4v) is 2.97. The van der Waals surface area contributed by atoms with Crippen molar-refractivity contribution < 1.29 is 4.79 Å². The monoisotopic (exact) mass is 287 g/mol. The average molecular weight is 287 g/mol. The van der Waals surface area contributed by atoms with Gasteiger partial charge in [0.25, 0.3) is 0 Å². The van der Waals surface area contributed by atoms with Crippen LogP contribution in [0.25, 0.3) is 0 Å². The molecule has 3 heterocycles. The molecule has 3 rings (SSSR count). The van der Waals surface area contributed by atoms with E-state index >= 15 is 0 Å². The van der Waals surface area contributed by atoms with Crippen LogP contribution in [0.15, 0.2) is 24.8 Å². The molecule has 0 saturated carbocycles. The number of imidazole rings is 1. The molecule has 2 aromatic rings.